The summed E-state index contributed by atoms with van der Waals surface area (Å²) < 4.78 is 10.8. The molecule has 3 rings (SSSR count). The van der Waals surface area contributed by atoms with Crippen LogP contribution < -0.4 is 14.8 Å². The van der Waals surface area contributed by atoms with Gasteiger partial charge >= 0.3 is 0 Å². The van der Waals surface area contributed by atoms with Crippen molar-refractivity contribution in [3.63, 3.8) is 0 Å². The molecular formula is C18H20ClNO3. The minimum absolute atomic E-state index is 0.195. The summed E-state index contributed by atoms with van der Waals surface area (Å²) in [5.74, 6) is 1.39. The van der Waals surface area contributed by atoms with Crippen molar-refractivity contribution in [2.24, 2.45) is 0 Å². The second-order valence-corrected chi connectivity index (χ2v) is 6.02. The highest BCUT2D eigenvalue weighted by Crippen LogP contribution is 2.39. The molecule has 1 heterocycles. The molecule has 5 heteroatoms. The van der Waals surface area contributed by atoms with E-state index in [-0.39, 0.29) is 6.04 Å². The molecule has 0 aliphatic carbocycles. The lowest BCUT2D eigenvalue weighted by Gasteiger charge is -2.31. The third kappa shape index (κ3) is 3.15. The lowest BCUT2D eigenvalue weighted by Crippen LogP contribution is -2.34. The van der Waals surface area contributed by atoms with E-state index in [9.17, 15) is 5.11 Å². The molecule has 122 valence electrons. The van der Waals surface area contributed by atoms with Gasteiger partial charge in [0, 0.05) is 5.02 Å². The molecule has 0 bridgehead atoms. The van der Waals surface area contributed by atoms with Gasteiger partial charge in [0.25, 0.3) is 0 Å². The second-order valence-electron chi connectivity index (χ2n) is 5.58. The van der Waals surface area contributed by atoms with Crippen molar-refractivity contribution < 1.29 is 14.6 Å². The molecule has 0 radical (unpaired) electrons. The summed E-state index contributed by atoms with van der Waals surface area (Å²) >= 11 is 5.93. The summed E-state index contributed by atoms with van der Waals surface area (Å²) in [7, 11) is 3.25. The molecule has 2 atom stereocenters. The number of methoxy groups -OCH3 is 2. The molecular weight excluding hydrogens is 314 g/mol. The quantitative estimate of drug-likeness (QED) is 0.901. The number of rotatable bonds is 4. The van der Waals surface area contributed by atoms with Crippen LogP contribution in [-0.4, -0.2) is 25.9 Å². The Labute approximate surface area is 141 Å². The highest BCUT2D eigenvalue weighted by atomic mass is 35.5. The molecule has 0 spiro atoms. The van der Waals surface area contributed by atoms with Crippen molar-refractivity contribution in [3.05, 3.63) is 58.1 Å². The van der Waals surface area contributed by atoms with Gasteiger partial charge in [-0.2, -0.15) is 0 Å². The lowest BCUT2D eigenvalue weighted by molar-refractivity contribution is 0.125. The SMILES string of the molecule is COc1cc2c(cc1OC)C(C(O)c1ccc(Cl)cc1)NCC2. The van der Waals surface area contributed by atoms with E-state index in [1.165, 1.54) is 5.56 Å². The fourth-order valence-electron chi connectivity index (χ4n) is 3.05. The smallest absolute Gasteiger partial charge is 0.161 e. The fourth-order valence-corrected chi connectivity index (χ4v) is 3.18. The molecule has 4 nitrogen and oxygen atoms in total. The third-order valence-corrected chi connectivity index (χ3v) is 4.52. The van der Waals surface area contributed by atoms with Crippen molar-refractivity contribution in [1.82, 2.24) is 5.32 Å². The molecule has 2 unspecified atom stereocenters. The van der Waals surface area contributed by atoms with Gasteiger partial charge in [-0.25, -0.2) is 0 Å². The second kappa shape index (κ2) is 6.79. The molecule has 2 N–H and O–H groups in total. The molecule has 0 amide bonds. The number of aliphatic hydroxyl groups is 1. The first-order valence-corrected chi connectivity index (χ1v) is 7.93. The number of nitrogens with one attached hydrogen (secondary N) is 1. The van der Waals surface area contributed by atoms with Gasteiger partial charge < -0.3 is 19.9 Å². The van der Waals surface area contributed by atoms with E-state index in [0.717, 1.165) is 24.1 Å². The summed E-state index contributed by atoms with van der Waals surface area (Å²) in [4.78, 5) is 0. The van der Waals surface area contributed by atoms with Crippen molar-refractivity contribution in [2.45, 2.75) is 18.6 Å². The van der Waals surface area contributed by atoms with Gasteiger partial charge in [0.15, 0.2) is 11.5 Å². The molecule has 1 aliphatic rings. The molecule has 0 saturated carbocycles. The Morgan fingerprint density at radius 3 is 2.43 bits per heavy atom. The van der Waals surface area contributed by atoms with Gasteiger partial charge in [-0.15, -0.1) is 0 Å². The van der Waals surface area contributed by atoms with Crippen LogP contribution in [0.1, 0.15) is 28.8 Å². The molecule has 23 heavy (non-hydrogen) atoms. The van der Waals surface area contributed by atoms with Crippen molar-refractivity contribution >= 4 is 11.6 Å². The van der Waals surface area contributed by atoms with Crippen LogP contribution in [0, 0.1) is 0 Å². The predicted octanol–water partition coefficient (Wildman–Crippen LogP) is 3.28. The summed E-state index contributed by atoms with van der Waals surface area (Å²) in [6, 6.07) is 11.0. The zero-order valence-electron chi connectivity index (χ0n) is 13.2. The minimum atomic E-state index is -0.663. The topological polar surface area (TPSA) is 50.7 Å². The normalized spacial score (nSPS) is 18.2. The van der Waals surface area contributed by atoms with Gasteiger partial charge in [0.1, 0.15) is 0 Å². The van der Waals surface area contributed by atoms with Crippen molar-refractivity contribution in [2.75, 3.05) is 20.8 Å². The Morgan fingerprint density at radius 2 is 1.78 bits per heavy atom. The van der Waals surface area contributed by atoms with Gasteiger partial charge in [0.05, 0.1) is 26.4 Å². The maximum Gasteiger partial charge on any atom is 0.161 e. The van der Waals surface area contributed by atoms with Crippen LogP contribution in [-0.2, 0) is 6.42 Å². The van der Waals surface area contributed by atoms with Crippen LogP contribution >= 0.6 is 11.6 Å². The number of halogens is 1. The maximum atomic E-state index is 10.8. The molecule has 0 saturated heterocycles. The van der Waals surface area contributed by atoms with Crippen molar-refractivity contribution in [3.8, 4) is 11.5 Å². The van der Waals surface area contributed by atoms with Gasteiger partial charge in [-0.05, 0) is 53.9 Å². The Kier molecular flexibility index (Phi) is 4.76. The number of fused-ring (bicyclic) bond motifs is 1. The van der Waals surface area contributed by atoms with Crippen molar-refractivity contribution in [1.29, 1.82) is 0 Å². The van der Waals surface area contributed by atoms with Crippen LogP contribution in [0.2, 0.25) is 5.02 Å². The summed E-state index contributed by atoms with van der Waals surface area (Å²) in [6.45, 7) is 0.803. The first-order valence-electron chi connectivity index (χ1n) is 7.55. The largest absolute Gasteiger partial charge is 0.493 e. The van der Waals surface area contributed by atoms with Crippen LogP contribution in [0.25, 0.3) is 0 Å². The van der Waals surface area contributed by atoms with Crippen LogP contribution in [0.15, 0.2) is 36.4 Å². The zero-order chi connectivity index (χ0) is 16.4. The molecule has 2 aromatic rings. The first kappa shape index (κ1) is 16.1. The average Bonchev–Trinajstić information content (AvgIpc) is 2.60. The maximum absolute atomic E-state index is 10.8. The lowest BCUT2D eigenvalue weighted by atomic mass is 9.88. The van der Waals surface area contributed by atoms with Gasteiger partial charge in [-0.3, -0.25) is 0 Å². The molecule has 2 aromatic carbocycles. The third-order valence-electron chi connectivity index (χ3n) is 4.27. The van der Waals surface area contributed by atoms with E-state index >= 15 is 0 Å². The van der Waals surface area contributed by atoms with Gasteiger partial charge in [0.2, 0.25) is 0 Å². The van der Waals surface area contributed by atoms with E-state index in [4.69, 9.17) is 21.1 Å². The van der Waals surface area contributed by atoms with E-state index < -0.39 is 6.10 Å². The zero-order valence-corrected chi connectivity index (χ0v) is 13.9. The summed E-state index contributed by atoms with van der Waals surface area (Å²) in [5, 5.41) is 14.8. The van der Waals surface area contributed by atoms with Crippen LogP contribution in [0.3, 0.4) is 0 Å². The van der Waals surface area contributed by atoms with E-state index in [1.54, 1.807) is 26.4 Å². The highest BCUT2D eigenvalue weighted by Gasteiger charge is 2.29. The molecule has 0 aromatic heterocycles. The Hall–Kier alpha value is -1.75. The highest BCUT2D eigenvalue weighted by molar-refractivity contribution is 6.30. The van der Waals surface area contributed by atoms with Crippen LogP contribution in [0.4, 0.5) is 0 Å². The first-order chi connectivity index (χ1) is 11.1. The van der Waals surface area contributed by atoms with Crippen LogP contribution in [0.5, 0.6) is 11.5 Å². The Morgan fingerprint density at radius 1 is 1.13 bits per heavy atom. The monoisotopic (exact) mass is 333 g/mol. The fraction of sp³-hybridized carbons (Fsp3) is 0.333. The van der Waals surface area contributed by atoms with E-state index in [1.807, 2.05) is 24.3 Å². The number of aliphatic hydroxyl groups excluding tert-OH is 1. The van der Waals surface area contributed by atoms with E-state index in [0.29, 0.717) is 16.5 Å². The minimum Gasteiger partial charge on any atom is -0.493 e. The average molecular weight is 334 g/mol. The summed E-state index contributed by atoms with van der Waals surface area (Å²) in [5.41, 5.74) is 3.03. The molecule has 0 fully saturated rings. The Bertz CT molecular complexity index is 687. The Balaban J connectivity index is 1.98. The summed E-state index contributed by atoms with van der Waals surface area (Å²) in [6.07, 6.45) is 0.226. The number of benzene rings is 2. The number of ether oxygens (including phenoxy) is 2. The van der Waals surface area contributed by atoms with E-state index in [2.05, 4.69) is 5.32 Å². The molecule has 1 aliphatic heterocycles. The predicted molar refractivity (Wildman–Crippen MR) is 90.4 cm³/mol. The number of hydrogen-bond acceptors (Lipinski definition) is 4. The van der Waals surface area contributed by atoms with Gasteiger partial charge in [-0.1, -0.05) is 23.7 Å². The standard InChI is InChI=1S/C18H20ClNO3/c1-22-15-9-12-7-8-20-17(14(12)10-16(15)23-2)18(21)11-3-5-13(19)6-4-11/h3-6,9-10,17-18,20-21H,7-8H2,1-2H3. The number of hydrogen-bond donors (Lipinski definition) is 2.